The van der Waals surface area contributed by atoms with E-state index in [1.54, 1.807) is 0 Å². The topological polar surface area (TPSA) is 60.9 Å². The van der Waals surface area contributed by atoms with Gasteiger partial charge >= 0.3 is 5.97 Å². The highest BCUT2D eigenvalue weighted by atomic mass is 16.4. The molecule has 1 N–H and O–H groups in total. The Morgan fingerprint density at radius 1 is 1.33 bits per heavy atom. The SMILES string of the molecule is CCN(C(=O)CN1CCC(CC(=O)O)C1)C1CC1. The van der Waals surface area contributed by atoms with Crippen LogP contribution in [0.5, 0.6) is 0 Å². The van der Waals surface area contributed by atoms with Crippen LogP contribution in [0.15, 0.2) is 0 Å². The lowest BCUT2D eigenvalue weighted by Gasteiger charge is -2.24. The molecule has 1 unspecified atom stereocenters. The highest BCUT2D eigenvalue weighted by Gasteiger charge is 2.33. The molecule has 1 aliphatic heterocycles. The second-order valence-corrected chi connectivity index (χ2v) is 5.40. The van der Waals surface area contributed by atoms with E-state index in [9.17, 15) is 9.59 Å². The summed E-state index contributed by atoms with van der Waals surface area (Å²) >= 11 is 0. The van der Waals surface area contributed by atoms with Gasteiger partial charge in [0.15, 0.2) is 0 Å². The van der Waals surface area contributed by atoms with E-state index in [1.165, 1.54) is 0 Å². The minimum absolute atomic E-state index is 0.205. The average molecular weight is 254 g/mol. The maximum absolute atomic E-state index is 12.1. The number of hydrogen-bond donors (Lipinski definition) is 1. The zero-order valence-corrected chi connectivity index (χ0v) is 11.0. The minimum atomic E-state index is -0.735. The number of carbonyl (C=O) groups is 2. The van der Waals surface area contributed by atoms with Crippen LogP contribution in [-0.2, 0) is 9.59 Å². The average Bonchev–Trinajstić information content (AvgIpc) is 3.02. The smallest absolute Gasteiger partial charge is 0.303 e. The molecule has 1 amide bonds. The van der Waals surface area contributed by atoms with Gasteiger partial charge in [0.2, 0.25) is 5.91 Å². The van der Waals surface area contributed by atoms with E-state index in [4.69, 9.17) is 5.11 Å². The van der Waals surface area contributed by atoms with Gasteiger partial charge in [-0.05, 0) is 38.6 Å². The molecule has 2 aliphatic rings. The van der Waals surface area contributed by atoms with E-state index in [1.807, 2.05) is 11.8 Å². The molecular formula is C13H22N2O3. The first-order valence-corrected chi connectivity index (χ1v) is 6.83. The van der Waals surface area contributed by atoms with Gasteiger partial charge in [0.1, 0.15) is 0 Å². The van der Waals surface area contributed by atoms with Gasteiger partial charge < -0.3 is 10.0 Å². The molecule has 18 heavy (non-hydrogen) atoms. The Bertz CT molecular complexity index is 328. The van der Waals surface area contributed by atoms with E-state index >= 15 is 0 Å². The van der Waals surface area contributed by atoms with Crippen LogP contribution in [-0.4, -0.2) is 59.0 Å². The number of carbonyl (C=O) groups excluding carboxylic acids is 1. The van der Waals surface area contributed by atoms with Crippen molar-refractivity contribution in [1.82, 2.24) is 9.80 Å². The van der Waals surface area contributed by atoms with Crippen LogP contribution in [0.4, 0.5) is 0 Å². The third-order valence-electron chi connectivity index (χ3n) is 3.84. The molecule has 0 aromatic carbocycles. The molecule has 5 nitrogen and oxygen atoms in total. The van der Waals surface area contributed by atoms with Crippen molar-refractivity contribution < 1.29 is 14.7 Å². The van der Waals surface area contributed by atoms with E-state index < -0.39 is 5.97 Å². The van der Waals surface area contributed by atoms with Crippen LogP contribution in [0.3, 0.4) is 0 Å². The van der Waals surface area contributed by atoms with Crippen LogP contribution in [0, 0.1) is 5.92 Å². The van der Waals surface area contributed by atoms with Crippen LogP contribution in [0.2, 0.25) is 0 Å². The van der Waals surface area contributed by atoms with Crippen molar-refractivity contribution >= 4 is 11.9 Å². The van der Waals surface area contributed by atoms with Crippen LogP contribution in [0.1, 0.15) is 32.6 Å². The van der Waals surface area contributed by atoms with Gasteiger partial charge in [-0.25, -0.2) is 0 Å². The Balaban J connectivity index is 1.76. The number of nitrogens with zero attached hydrogens (tertiary/aromatic N) is 2. The molecule has 2 rings (SSSR count). The first-order valence-electron chi connectivity index (χ1n) is 6.83. The Hall–Kier alpha value is -1.10. The van der Waals surface area contributed by atoms with Crippen molar-refractivity contribution in [2.24, 2.45) is 5.92 Å². The van der Waals surface area contributed by atoms with Crippen molar-refractivity contribution in [3.05, 3.63) is 0 Å². The molecule has 0 aromatic heterocycles. The molecule has 0 aromatic rings. The summed E-state index contributed by atoms with van der Waals surface area (Å²) in [5.41, 5.74) is 0. The standard InChI is InChI=1S/C13H22N2O3/c1-2-15(11-3-4-11)12(16)9-14-6-5-10(8-14)7-13(17)18/h10-11H,2-9H2,1H3,(H,17,18). The third kappa shape index (κ3) is 3.45. The van der Waals surface area contributed by atoms with Crippen molar-refractivity contribution in [2.45, 2.75) is 38.6 Å². The lowest BCUT2D eigenvalue weighted by Crippen LogP contribution is -2.40. The Morgan fingerprint density at radius 3 is 2.61 bits per heavy atom. The van der Waals surface area contributed by atoms with Crippen LogP contribution >= 0.6 is 0 Å². The second kappa shape index (κ2) is 5.69. The van der Waals surface area contributed by atoms with Gasteiger partial charge in [-0.2, -0.15) is 0 Å². The lowest BCUT2D eigenvalue weighted by atomic mass is 10.1. The fraction of sp³-hybridized carbons (Fsp3) is 0.846. The van der Waals surface area contributed by atoms with Gasteiger partial charge in [0, 0.05) is 25.6 Å². The fourth-order valence-electron chi connectivity index (χ4n) is 2.78. The van der Waals surface area contributed by atoms with E-state index in [2.05, 4.69) is 4.90 Å². The highest BCUT2D eigenvalue weighted by molar-refractivity contribution is 5.79. The van der Waals surface area contributed by atoms with E-state index in [0.717, 1.165) is 38.9 Å². The molecular weight excluding hydrogens is 232 g/mol. The van der Waals surface area contributed by atoms with E-state index in [-0.39, 0.29) is 18.2 Å². The quantitative estimate of drug-likeness (QED) is 0.761. The predicted molar refractivity (Wildman–Crippen MR) is 67.2 cm³/mol. The third-order valence-corrected chi connectivity index (χ3v) is 3.84. The molecule has 2 fully saturated rings. The number of hydrogen-bond acceptors (Lipinski definition) is 3. The molecule has 1 saturated heterocycles. The van der Waals surface area contributed by atoms with Gasteiger partial charge in [-0.3, -0.25) is 14.5 Å². The second-order valence-electron chi connectivity index (χ2n) is 5.40. The van der Waals surface area contributed by atoms with Crippen molar-refractivity contribution in [3.63, 3.8) is 0 Å². The summed E-state index contributed by atoms with van der Waals surface area (Å²) in [6, 6.07) is 0.472. The summed E-state index contributed by atoms with van der Waals surface area (Å²) in [7, 11) is 0. The summed E-state index contributed by atoms with van der Waals surface area (Å²) in [6.07, 6.45) is 3.41. The van der Waals surface area contributed by atoms with Gasteiger partial charge in [-0.1, -0.05) is 0 Å². The number of carboxylic acids is 1. The number of rotatable bonds is 6. The zero-order chi connectivity index (χ0) is 13.1. The fourth-order valence-corrected chi connectivity index (χ4v) is 2.78. The van der Waals surface area contributed by atoms with Crippen LogP contribution < -0.4 is 0 Å². The lowest BCUT2D eigenvalue weighted by molar-refractivity contribution is -0.138. The molecule has 102 valence electrons. The Morgan fingerprint density at radius 2 is 2.06 bits per heavy atom. The molecule has 1 aliphatic carbocycles. The van der Waals surface area contributed by atoms with Gasteiger partial charge in [0.05, 0.1) is 6.54 Å². The zero-order valence-electron chi connectivity index (χ0n) is 11.0. The maximum Gasteiger partial charge on any atom is 0.303 e. The minimum Gasteiger partial charge on any atom is -0.481 e. The first kappa shape index (κ1) is 13.3. The normalized spacial score (nSPS) is 24.2. The number of likely N-dealkylation sites (tertiary alicyclic amines) is 1. The van der Waals surface area contributed by atoms with Crippen molar-refractivity contribution in [2.75, 3.05) is 26.2 Å². The van der Waals surface area contributed by atoms with Gasteiger partial charge in [0.25, 0.3) is 0 Å². The summed E-state index contributed by atoms with van der Waals surface area (Å²) in [4.78, 5) is 26.8. The van der Waals surface area contributed by atoms with Gasteiger partial charge in [-0.15, -0.1) is 0 Å². The number of likely N-dealkylation sites (N-methyl/N-ethyl adjacent to an activating group) is 1. The molecule has 0 spiro atoms. The Kier molecular flexibility index (Phi) is 4.22. The first-order chi connectivity index (χ1) is 8.60. The van der Waals surface area contributed by atoms with E-state index in [0.29, 0.717) is 12.6 Å². The molecule has 5 heteroatoms. The monoisotopic (exact) mass is 254 g/mol. The molecule has 1 atom stereocenters. The Labute approximate surface area is 108 Å². The molecule has 0 radical (unpaired) electrons. The van der Waals surface area contributed by atoms with Crippen molar-refractivity contribution in [1.29, 1.82) is 0 Å². The highest BCUT2D eigenvalue weighted by Crippen LogP contribution is 2.27. The maximum atomic E-state index is 12.1. The van der Waals surface area contributed by atoms with Crippen molar-refractivity contribution in [3.8, 4) is 0 Å². The number of amides is 1. The molecule has 0 bridgehead atoms. The largest absolute Gasteiger partial charge is 0.481 e. The number of aliphatic carboxylic acids is 1. The molecule has 1 heterocycles. The molecule has 1 saturated carbocycles. The summed E-state index contributed by atoms with van der Waals surface area (Å²) < 4.78 is 0. The predicted octanol–water partition coefficient (Wildman–Crippen LogP) is 0.794. The summed E-state index contributed by atoms with van der Waals surface area (Å²) in [6.45, 7) is 4.87. The summed E-state index contributed by atoms with van der Waals surface area (Å²) in [5, 5.41) is 8.76. The van der Waals surface area contributed by atoms with Crippen LogP contribution in [0.25, 0.3) is 0 Å². The number of carboxylic acid groups (broad SMARTS) is 1. The summed E-state index contributed by atoms with van der Waals surface area (Å²) in [5.74, 6) is -0.316.